The highest BCUT2D eigenvalue weighted by molar-refractivity contribution is 5.94. The Kier molecular flexibility index (Phi) is 5.38. The van der Waals surface area contributed by atoms with Crippen molar-refractivity contribution in [3.05, 3.63) is 71.1 Å². The van der Waals surface area contributed by atoms with Crippen LogP contribution in [0.4, 0.5) is 5.69 Å². The van der Waals surface area contributed by atoms with Crippen LogP contribution in [0, 0.1) is 6.92 Å². The van der Waals surface area contributed by atoms with E-state index in [0.717, 1.165) is 36.5 Å². The lowest BCUT2D eigenvalue weighted by Gasteiger charge is -2.18. The van der Waals surface area contributed by atoms with Crippen molar-refractivity contribution in [2.24, 2.45) is 0 Å². The Labute approximate surface area is 172 Å². The van der Waals surface area contributed by atoms with Crippen molar-refractivity contribution in [1.29, 1.82) is 0 Å². The third-order valence-electron chi connectivity index (χ3n) is 5.65. The van der Waals surface area contributed by atoms with Gasteiger partial charge in [0.15, 0.2) is 0 Å². The summed E-state index contributed by atoms with van der Waals surface area (Å²) in [6, 6.07) is 16.1. The molecule has 4 rings (SSSR count). The fraction of sp³-hybridized carbons (Fsp3) is 0.333. The fourth-order valence-electron chi connectivity index (χ4n) is 3.90. The van der Waals surface area contributed by atoms with Crippen molar-refractivity contribution < 1.29 is 9.21 Å². The largest absolute Gasteiger partial charge is 0.441 e. The molecule has 0 radical (unpaired) electrons. The predicted octanol–water partition coefficient (Wildman–Crippen LogP) is 4.69. The minimum Gasteiger partial charge on any atom is -0.441 e. The molecule has 5 nitrogen and oxygen atoms in total. The van der Waals surface area contributed by atoms with Gasteiger partial charge in [-0.2, -0.15) is 0 Å². The van der Waals surface area contributed by atoms with Crippen LogP contribution in [-0.2, 0) is 13.0 Å². The van der Waals surface area contributed by atoms with Gasteiger partial charge in [-0.15, -0.1) is 0 Å². The molecule has 150 valence electrons. The Morgan fingerprint density at radius 1 is 1.10 bits per heavy atom. The van der Waals surface area contributed by atoms with E-state index in [1.807, 2.05) is 49.9 Å². The molecule has 0 saturated carbocycles. The number of aryl methyl sites for hydroxylation is 1. The molecule has 0 fully saturated rings. The number of hydrogen-bond acceptors (Lipinski definition) is 4. The maximum Gasteiger partial charge on any atom is 0.253 e. The monoisotopic (exact) mass is 389 g/mol. The zero-order valence-electron chi connectivity index (χ0n) is 17.3. The topological polar surface area (TPSA) is 49.6 Å². The summed E-state index contributed by atoms with van der Waals surface area (Å²) >= 11 is 0. The Balaban J connectivity index is 1.52. The maximum atomic E-state index is 12.5. The third kappa shape index (κ3) is 3.77. The van der Waals surface area contributed by atoms with Crippen LogP contribution in [0.3, 0.4) is 0 Å². The van der Waals surface area contributed by atoms with Gasteiger partial charge < -0.3 is 14.2 Å². The van der Waals surface area contributed by atoms with Gasteiger partial charge in [0.1, 0.15) is 11.5 Å². The van der Waals surface area contributed by atoms with Crippen molar-refractivity contribution in [2.45, 2.75) is 33.7 Å². The Bertz CT molecular complexity index is 1000. The second kappa shape index (κ2) is 8.11. The lowest BCUT2D eigenvalue weighted by Crippen LogP contribution is -2.30. The number of carbonyl (C=O) groups is 1. The van der Waals surface area contributed by atoms with Crippen LogP contribution < -0.4 is 4.90 Å². The first-order chi connectivity index (χ1) is 14.1. The number of anilines is 1. The van der Waals surface area contributed by atoms with Gasteiger partial charge in [-0.1, -0.05) is 18.2 Å². The third-order valence-corrected chi connectivity index (χ3v) is 5.65. The minimum atomic E-state index is 0.0542. The molecule has 5 heteroatoms. The van der Waals surface area contributed by atoms with Gasteiger partial charge in [-0.3, -0.25) is 4.79 Å². The van der Waals surface area contributed by atoms with Crippen LogP contribution in [0.25, 0.3) is 11.5 Å². The molecule has 0 aliphatic carbocycles. The van der Waals surface area contributed by atoms with Gasteiger partial charge >= 0.3 is 0 Å². The van der Waals surface area contributed by atoms with E-state index in [4.69, 9.17) is 9.40 Å². The van der Waals surface area contributed by atoms with Crippen LogP contribution in [0.1, 0.15) is 41.2 Å². The molecule has 0 saturated heterocycles. The number of benzene rings is 2. The number of oxazole rings is 1. The Morgan fingerprint density at radius 2 is 1.83 bits per heavy atom. The van der Waals surface area contributed by atoms with Crippen molar-refractivity contribution in [1.82, 2.24) is 9.88 Å². The Hall–Kier alpha value is -3.08. The lowest BCUT2D eigenvalue weighted by atomic mass is 10.1. The highest BCUT2D eigenvalue weighted by atomic mass is 16.4. The summed E-state index contributed by atoms with van der Waals surface area (Å²) in [6.07, 6.45) is 1.07. The molecule has 1 aromatic heterocycles. The molecule has 1 aliphatic rings. The molecule has 1 aliphatic heterocycles. The number of aromatic nitrogens is 1. The number of carbonyl (C=O) groups excluding carboxylic acids is 1. The molecule has 0 spiro atoms. The van der Waals surface area contributed by atoms with Gasteiger partial charge in [0.2, 0.25) is 5.89 Å². The summed E-state index contributed by atoms with van der Waals surface area (Å²) < 4.78 is 5.96. The van der Waals surface area contributed by atoms with Crippen molar-refractivity contribution >= 4 is 11.6 Å². The van der Waals surface area contributed by atoms with Crippen LogP contribution in [0.5, 0.6) is 0 Å². The summed E-state index contributed by atoms with van der Waals surface area (Å²) in [5.41, 5.74) is 5.21. The molecule has 0 atom stereocenters. The second-order valence-electron chi connectivity index (χ2n) is 7.38. The lowest BCUT2D eigenvalue weighted by molar-refractivity contribution is 0.0773. The van der Waals surface area contributed by atoms with E-state index in [0.29, 0.717) is 24.5 Å². The molecule has 0 N–H and O–H groups in total. The molecular formula is C24H27N3O2. The van der Waals surface area contributed by atoms with Gasteiger partial charge in [-0.05, 0) is 63.1 Å². The normalized spacial score (nSPS) is 12.9. The van der Waals surface area contributed by atoms with Gasteiger partial charge in [0, 0.05) is 36.4 Å². The van der Waals surface area contributed by atoms with E-state index in [1.54, 1.807) is 0 Å². The summed E-state index contributed by atoms with van der Waals surface area (Å²) in [7, 11) is 0. The van der Waals surface area contributed by atoms with E-state index in [9.17, 15) is 4.79 Å². The van der Waals surface area contributed by atoms with Crippen LogP contribution in [0.15, 0.2) is 52.9 Å². The summed E-state index contributed by atoms with van der Waals surface area (Å²) in [6.45, 7) is 9.11. The Morgan fingerprint density at radius 3 is 2.55 bits per heavy atom. The molecule has 3 aromatic rings. The molecule has 2 aromatic carbocycles. The fourth-order valence-corrected chi connectivity index (χ4v) is 3.90. The quantitative estimate of drug-likeness (QED) is 0.613. The number of para-hydroxylation sites is 1. The van der Waals surface area contributed by atoms with E-state index in [-0.39, 0.29) is 5.91 Å². The van der Waals surface area contributed by atoms with Crippen molar-refractivity contribution in [3.63, 3.8) is 0 Å². The number of nitrogens with zero attached hydrogens (tertiary/aromatic N) is 3. The second-order valence-corrected chi connectivity index (χ2v) is 7.38. The number of rotatable bonds is 6. The molecule has 1 amide bonds. The van der Waals surface area contributed by atoms with E-state index < -0.39 is 0 Å². The zero-order valence-corrected chi connectivity index (χ0v) is 17.3. The van der Waals surface area contributed by atoms with Crippen molar-refractivity contribution in [2.75, 3.05) is 24.5 Å². The highest BCUT2D eigenvalue weighted by Crippen LogP contribution is 2.30. The molecule has 29 heavy (non-hydrogen) atoms. The number of amides is 1. The van der Waals surface area contributed by atoms with Crippen LogP contribution in [0.2, 0.25) is 0 Å². The van der Waals surface area contributed by atoms with Gasteiger partial charge in [-0.25, -0.2) is 4.98 Å². The predicted molar refractivity (Wildman–Crippen MR) is 115 cm³/mol. The first kappa shape index (κ1) is 19.2. The SMILES string of the molecule is CCN(CC)C(=O)c1ccc(-c2nc(CN3CCc4ccccc43)c(C)o2)cc1. The van der Waals surface area contributed by atoms with E-state index in [2.05, 4.69) is 29.2 Å². The number of fused-ring (bicyclic) bond motifs is 1. The average molecular weight is 389 g/mol. The standard InChI is InChI=1S/C24H27N3O2/c1-4-26(5-2)24(28)20-12-10-19(11-13-20)23-25-21(17(3)29-23)16-27-15-14-18-8-6-7-9-22(18)27/h6-13H,4-5,14-16H2,1-3H3. The first-order valence-electron chi connectivity index (χ1n) is 10.3. The molecule has 0 unspecified atom stereocenters. The molecular weight excluding hydrogens is 362 g/mol. The summed E-state index contributed by atoms with van der Waals surface area (Å²) in [5.74, 6) is 1.50. The van der Waals surface area contributed by atoms with Crippen LogP contribution >= 0.6 is 0 Å². The molecule has 0 bridgehead atoms. The van der Waals surface area contributed by atoms with E-state index >= 15 is 0 Å². The highest BCUT2D eigenvalue weighted by Gasteiger charge is 2.21. The smallest absolute Gasteiger partial charge is 0.253 e. The zero-order chi connectivity index (χ0) is 20.4. The minimum absolute atomic E-state index is 0.0542. The average Bonchev–Trinajstić information content (AvgIpc) is 3.33. The van der Waals surface area contributed by atoms with Crippen LogP contribution in [-0.4, -0.2) is 35.4 Å². The summed E-state index contributed by atoms with van der Waals surface area (Å²) in [4.78, 5) is 21.4. The van der Waals surface area contributed by atoms with E-state index in [1.165, 1.54) is 11.3 Å². The molecule has 2 heterocycles. The van der Waals surface area contributed by atoms with Gasteiger partial charge in [0.05, 0.1) is 6.54 Å². The van der Waals surface area contributed by atoms with Crippen molar-refractivity contribution in [3.8, 4) is 11.5 Å². The number of hydrogen-bond donors (Lipinski definition) is 0. The first-order valence-corrected chi connectivity index (χ1v) is 10.3. The summed E-state index contributed by atoms with van der Waals surface area (Å²) in [5, 5.41) is 0. The maximum absolute atomic E-state index is 12.5. The van der Waals surface area contributed by atoms with Gasteiger partial charge in [0.25, 0.3) is 5.91 Å².